The van der Waals surface area contributed by atoms with E-state index in [1.165, 1.54) is 19.3 Å². The van der Waals surface area contributed by atoms with Gasteiger partial charge < -0.3 is 9.84 Å². The summed E-state index contributed by atoms with van der Waals surface area (Å²) in [6.07, 6.45) is 5.17. The number of unbranched alkanes of at least 4 members (excludes halogenated alkanes) is 3. The van der Waals surface area contributed by atoms with Gasteiger partial charge in [0.2, 0.25) is 0 Å². The molecule has 2 heteroatoms. The van der Waals surface area contributed by atoms with Gasteiger partial charge in [-0.2, -0.15) is 0 Å². The lowest BCUT2D eigenvalue weighted by atomic mass is 10.0. The molecule has 0 spiro atoms. The highest BCUT2D eigenvalue weighted by molar-refractivity contribution is 5.34. The summed E-state index contributed by atoms with van der Waals surface area (Å²) >= 11 is 0. The molecule has 0 bridgehead atoms. The van der Waals surface area contributed by atoms with Crippen LogP contribution in [0.25, 0.3) is 0 Å². The standard InChI is InChI=1S/C14H22O2/c1-3-4-5-6-10-13(15)12-9-7-8-11-14(12)16-2/h7-9,11,13,15H,3-6,10H2,1-2H3. The van der Waals surface area contributed by atoms with Gasteiger partial charge >= 0.3 is 0 Å². The molecule has 0 fully saturated rings. The van der Waals surface area contributed by atoms with E-state index in [4.69, 9.17) is 4.74 Å². The molecule has 0 aromatic heterocycles. The maximum atomic E-state index is 10.1. The van der Waals surface area contributed by atoms with E-state index in [0.717, 1.165) is 24.2 Å². The number of hydrogen-bond donors (Lipinski definition) is 1. The summed E-state index contributed by atoms with van der Waals surface area (Å²) in [5.74, 6) is 0.783. The molecule has 16 heavy (non-hydrogen) atoms. The number of benzene rings is 1. The second-order valence-corrected chi connectivity index (χ2v) is 4.11. The number of methoxy groups -OCH3 is 1. The molecule has 1 aromatic rings. The van der Waals surface area contributed by atoms with Gasteiger partial charge in [-0.1, -0.05) is 50.8 Å². The zero-order valence-corrected chi connectivity index (χ0v) is 10.3. The van der Waals surface area contributed by atoms with Crippen molar-refractivity contribution in [2.75, 3.05) is 7.11 Å². The highest BCUT2D eigenvalue weighted by Crippen LogP contribution is 2.28. The number of para-hydroxylation sites is 1. The molecule has 1 unspecified atom stereocenters. The first-order valence-corrected chi connectivity index (χ1v) is 6.10. The van der Waals surface area contributed by atoms with Crippen LogP contribution < -0.4 is 4.74 Å². The van der Waals surface area contributed by atoms with Gasteiger partial charge in [0.15, 0.2) is 0 Å². The van der Waals surface area contributed by atoms with Crippen LogP contribution in [0, 0.1) is 0 Å². The molecule has 0 saturated heterocycles. The minimum Gasteiger partial charge on any atom is -0.496 e. The lowest BCUT2D eigenvalue weighted by molar-refractivity contribution is 0.159. The molecule has 0 aliphatic heterocycles. The number of hydrogen-bond acceptors (Lipinski definition) is 2. The van der Waals surface area contributed by atoms with Crippen molar-refractivity contribution in [3.8, 4) is 5.75 Å². The Labute approximate surface area is 98.3 Å². The van der Waals surface area contributed by atoms with Crippen LogP contribution in [0.5, 0.6) is 5.75 Å². The highest BCUT2D eigenvalue weighted by Gasteiger charge is 2.11. The third-order valence-electron chi connectivity index (χ3n) is 2.83. The van der Waals surface area contributed by atoms with Crippen LogP contribution in [-0.2, 0) is 0 Å². The summed E-state index contributed by atoms with van der Waals surface area (Å²) in [6.45, 7) is 2.19. The number of aliphatic hydroxyl groups excluding tert-OH is 1. The van der Waals surface area contributed by atoms with E-state index in [2.05, 4.69) is 6.92 Å². The third-order valence-corrected chi connectivity index (χ3v) is 2.83. The minimum absolute atomic E-state index is 0.395. The molecule has 1 N–H and O–H groups in total. The van der Waals surface area contributed by atoms with E-state index >= 15 is 0 Å². The summed E-state index contributed by atoms with van der Waals surface area (Å²) in [6, 6.07) is 7.69. The summed E-state index contributed by atoms with van der Waals surface area (Å²) < 4.78 is 5.23. The van der Waals surface area contributed by atoms with Gasteiger partial charge in [-0.05, 0) is 12.5 Å². The Balaban J connectivity index is 2.48. The highest BCUT2D eigenvalue weighted by atomic mass is 16.5. The van der Waals surface area contributed by atoms with Crippen molar-refractivity contribution in [3.63, 3.8) is 0 Å². The molecule has 0 heterocycles. The van der Waals surface area contributed by atoms with Gasteiger partial charge in [0.1, 0.15) is 5.75 Å². The summed E-state index contributed by atoms with van der Waals surface area (Å²) in [4.78, 5) is 0. The van der Waals surface area contributed by atoms with Crippen LogP contribution in [0.2, 0.25) is 0 Å². The van der Waals surface area contributed by atoms with E-state index in [9.17, 15) is 5.11 Å². The van der Waals surface area contributed by atoms with Crippen molar-refractivity contribution in [3.05, 3.63) is 29.8 Å². The van der Waals surface area contributed by atoms with Crippen molar-refractivity contribution in [2.45, 2.75) is 45.1 Å². The molecule has 90 valence electrons. The van der Waals surface area contributed by atoms with E-state index in [-0.39, 0.29) is 0 Å². The number of ether oxygens (including phenoxy) is 1. The molecular weight excluding hydrogens is 200 g/mol. The molecule has 0 radical (unpaired) electrons. The predicted molar refractivity (Wildman–Crippen MR) is 66.7 cm³/mol. The second kappa shape index (κ2) is 7.29. The normalized spacial score (nSPS) is 12.4. The Kier molecular flexibility index (Phi) is 5.94. The third kappa shape index (κ3) is 3.86. The first-order chi connectivity index (χ1) is 7.79. The first kappa shape index (κ1) is 13.0. The van der Waals surface area contributed by atoms with E-state index in [1.54, 1.807) is 7.11 Å². The monoisotopic (exact) mass is 222 g/mol. The lowest BCUT2D eigenvalue weighted by Gasteiger charge is -2.14. The summed E-state index contributed by atoms with van der Waals surface area (Å²) in [7, 11) is 1.64. The SMILES string of the molecule is CCCCCCC(O)c1ccccc1OC. The van der Waals surface area contributed by atoms with Crippen molar-refractivity contribution < 1.29 is 9.84 Å². The van der Waals surface area contributed by atoms with Gasteiger partial charge in [-0.3, -0.25) is 0 Å². The van der Waals surface area contributed by atoms with Crippen LogP contribution in [0.3, 0.4) is 0 Å². The molecule has 1 aromatic carbocycles. The summed E-state index contributed by atoms with van der Waals surface area (Å²) in [5, 5.41) is 10.1. The molecule has 0 saturated carbocycles. The van der Waals surface area contributed by atoms with Crippen molar-refractivity contribution >= 4 is 0 Å². The minimum atomic E-state index is -0.395. The molecule has 0 aliphatic carbocycles. The van der Waals surface area contributed by atoms with Crippen LogP contribution in [0.4, 0.5) is 0 Å². The van der Waals surface area contributed by atoms with E-state index in [1.807, 2.05) is 24.3 Å². The average molecular weight is 222 g/mol. The van der Waals surface area contributed by atoms with Crippen LogP contribution in [0.15, 0.2) is 24.3 Å². The maximum Gasteiger partial charge on any atom is 0.124 e. The quantitative estimate of drug-likeness (QED) is 0.713. The van der Waals surface area contributed by atoms with Crippen LogP contribution in [0.1, 0.15) is 50.7 Å². The average Bonchev–Trinajstić information content (AvgIpc) is 2.34. The molecule has 2 nitrogen and oxygen atoms in total. The first-order valence-electron chi connectivity index (χ1n) is 6.10. The Hall–Kier alpha value is -1.02. The number of rotatable bonds is 7. The zero-order chi connectivity index (χ0) is 11.8. The van der Waals surface area contributed by atoms with Crippen molar-refractivity contribution in [1.82, 2.24) is 0 Å². The Morgan fingerprint density at radius 3 is 2.62 bits per heavy atom. The summed E-state index contributed by atoms with van der Waals surface area (Å²) in [5.41, 5.74) is 0.904. The topological polar surface area (TPSA) is 29.5 Å². The van der Waals surface area contributed by atoms with E-state index in [0.29, 0.717) is 0 Å². The van der Waals surface area contributed by atoms with Crippen LogP contribution >= 0.6 is 0 Å². The molecule has 1 atom stereocenters. The van der Waals surface area contributed by atoms with Crippen molar-refractivity contribution in [1.29, 1.82) is 0 Å². The van der Waals surface area contributed by atoms with Gasteiger partial charge in [-0.25, -0.2) is 0 Å². The molecule has 1 rings (SSSR count). The smallest absolute Gasteiger partial charge is 0.124 e. The zero-order valence-electron chi connectivity index (χ0n) is 10.3. The Bertz CT molecular complexity index is 297. The maximum absolute atomic E-state index is 10.1. The lowest BCUT2D eigenvalue weighted by Crippen LogP contribution is -2.00. The van der Waals surface area contributed by atoms with Gasteiger partial charge in [0.25, 0.3) is 0 Å². The Morgan fingerprint density at radius 1 is 1.19 bits per heavy atom. The van der Waals surface area contributed by atoms with Crippen molar-refractivity contribution in [2.24, 2.45) is 0 Å². The molecular formula is C14H22O2. The fraction of sp³-hybridized carbons (Fsp3) is 0.571. The fourth-order valence-electron chi connectivity index (χ4n) is 1.86. The van der Waals surface area contributed by atoms with Gasteiger partial charge in [0.05, 0.1) is 13.2 Å². The molecule has 0 aliphatic rings. The second-order valence-electron chi connectivity index (χ2n) is 4.11. The fourth-order valence-corrected chi connectivity index (χ4v) is 1.86. The molecule has 0 amide bonds. The Morgan fingerprint density at radius 2 is 1.94 bits per heavy atom. The van der Waals surface area contributed by atoms with Gasteiger partial charge in [0, 0.05) is 5.56 Å². The number of aliphatic hydroxyl groups is 1. The predicted octanol–water partition coefficient (Wildman–Crippen LogP) is 3.70. The van der Waals surface area contributed by atoms with Gasteiger partial charge in [-0.15, -0.1) is 0 Å². The van der Waals surface area contributed by atoms with Crippen LogP contribution in [-0.4, -0.2) is 12.2 Å². The van der Waals surface area contributed by atoms with E-state index < -0.39 is 6.10 Å². The largest absolute Gasteiger partial charge is 0.496 e.